The molecule has 0 aliphatic rings. The second-order valence-electron chi connectivity index (χ2n) is 14.2. The van der Waals surface area contributed by atoms with Gasteiger partial charge in [0.25, 0.3) is 0 Å². The Morgan fingerprint density at radius 1 is 0.661 bits per heavy atom. The molecule has 56 heavy (non-hydrogen) atoms. The van der Waals surface area contributed by atoms with Crippen LogP contribution in [-0.2, 0) is 20.0 Å². The average molecular weight is 805 g/mol. The molecule has 4 aromatic heterocycles. The number of nitrogens with zero attached hydrogens (tertiary/aromatic N) is 4. The Balaban J connectivity index is 0.000000214. The van der Waals surface area contributed by atoms with Crippen molar-refractivity contribution < 1.29 is 35.9 Å². The van der Waals surface area contributed by atoms with Gasteiger partial charge >= 0.3 is 0 Å². The number of nitrogens with two attached hydrogens (primary N) is 2. The number of pyridine rings is 2. The smallest absolute Gasteiger partial charge is 0.240 e. The zero-order valence-electron chi connectivity index (χ0n) is 31.6. The lowest BCUT2D eigenvalue weighted by molar-refractivity contribution is 0.0852. The highest BCUT2D eigenvalue weighted by molar-refractivity contribution is 7.89. The van der Waals surface area contributed by atoms with Gasteiger partial charge in [-0.25, -0.2) is 46.2 Å². The number of aliphatic hydroxyl groups is 2. The Kier molecular flexibility index (Phi) is 12.1. The maximum atomic E-state index is 12.6. The van der Waals surface area contributed by atoms with E-state index in [9.17, 15) is 27.0 Å². The first kappa shape index (κ1) is 41.7. The van der Waals surface area contributed by atoms with Gasteiger partial charge in [0.2, 0.25) is 25.9 Å². The number of benzene rings is 2. The molecule has 0 spiro atoms. The molecule has 0 fully saturated rings. The van der Waals surface area contributed by atoms with Crippen LogP contribution in [0.3, 0.4) is 0 Å². The first-order chi connectivity index (χ1) is 26.1. The van der Waals surface area contributed by atoms with Crippen LogP contribution in [0.25, 0.3) is 45.0 Å². The summed E-state index contributed by atoms with van der Waals surface area (Å²) in [7, 11) is -7.57. The quantitative estimate of drug-likeness (QED) is 0.0981. The first-order valence-electron chi connectivity index (χ1n) is 17.1. The van der Waals surface area contributed by atoms with Crippen molar-refractivity contribution >= 4 is 31.7 Å². The van der Waals surface area contributed by atoms with Crippen molar-refractivity contribution in [1.82, 2.24) is 29.4 Å². The summed E-state index contributed by atoms with van der Waals surface area (Å²) < 4.78 is 65.8. The molecule has 18 heteroatoms. The van der Waals surface area contributed by atoms with Gasteiger partial charge in [-0.05, 0) is 100 Å². The fourth-order valence-corrected chi connectivity index (χ4v) is 7.65. The largest absolute Gasteiger partial charge is 0.444 e. The van der Waals surface area contributed by atoms with Gasteiger partial charge in [0.15, 0.2) is 12.2 Å². The lowest BCUT2D eigenvalue weighted by atomic mass is 10.0. The van der Waals surface area contributed by atoms with E-state index in [1.807, 2.05) is 13.8 Å². The van der Waals surface area contributed by atoms with E-state index in [2.05, 4.69) is 29.4 Å². The van der Waals surface area contributed by atoms with Crippen molar-refractivity contribution in [3.8, 4) is 45.0 Å². The van der Waals surface area contributed by atoms with Crippen LogP contribution in [0.4, 0.5) is 11.6 Å². The van der Waals surface area contributed by atoms with Crippen molar-refractivity contribution in [3.05, 3.63) is 97.1 Å². The van der Waals surface area contributed by atoms with Crippen molar-refractivity contribution in [2.24, 2.45) is 0 Å². The number of oxazole rings is 2. The second kappa shape index (κ2) is 16.3. The molecule has 6 aromatic rings. The van der Waals surface area contributed by atoms with E-state index in [1.54, 1.807) is 48.8 Å². The zero-order chi connectivity index (χ0) is 41.1. The number of sulfonamides is 2. The van der Waals surface area contributed by atoms with Crippen molar-refractivity contribution in [2.45, 2.75) is 62.5 Å². The lowest BCUT2D eigenvalue weighted by Gasteiger charge is -2.18. The number of hydrogen-bond donors (Lipinski definition) is 6. The first-order valence-corrected chi connectivity index (χ1v) is 20.1. The van der Waals surface area contributed by atoms with Crippen LogP contribution in [0.1, 0.15) is 38.8 Å². The number of rotatable bonds is 12. The monoisotopic (exact) mass is 804 g/mol. The predicted molar refractivity (Wildman–Crippen MR) is 212 cm³/mol. The molecular formula is C38H44N8O8S2. The van der Waals surface area contributed by atoms with Gasteiger partial charge < -0.3 is 30.5 Å². The van der Waals surface area contributed by atoms with E-state index < -0.39 is 31.2 Å². The minimum absolute atomic E-state index is 0.0897. The molecule has 6 rings (SSSR count). The number of anilines is 2. The summed E-state index contributed by atoms with van der Waals surface area (Å²) in [4.78, 5) is 16.6. The summed E-state index contributed by atoms with van der Waals surface area (Å²) in [5.74, 6) is 1.36. The summed E-state index contributed by atoms with van der Waals surface area (Å²) in [6.07, 6.45) is 8.94. The minimum atomic E-state index is -3.79. The van der Waals surface area contributed by atoms with Crippen LogP contribution in [0.5, 0.6) is 0 Å². The zero-order valence-corrected chi connectivity index (χ0v) is 33.2. The molecule has 0 bridgehead atoms. The van der Waals surface area contributed by atoms with Crippen LogP contribution in [0.2, 0.25) is 0 Å². The van der Waals surface area contributed by atoms with E-state index in [4.69, 9.17) is 20.3 Å². The maximum Gasteiger partial charge on any atom is 0.240 e. The number of nitrogens with one attached hydrogen (secondary N) is 2. The van der Waals surface area contributed by atoms with Gasteiger partial charge in [0.1, 0.15) is 17.9 Å². The Morgan fingerprint density at radius 2 is 1.14 bits per heavy atom. The fraction of sp³-hybridized carbons (Fsp3) is 0.263. The average Bonchev–Trinajstić information content (AvgIpc) is 3.87. The summed E-state index contributed by atoms with van der Waals surface area (Å²) in [6.45, 7) is 9.66. The molecule has 0 saturated heterocycles. The molecule has 296 valence electrons. The normalized spacial score (nSPS) is 12.3. The van der Waals surface area contributed by atoms with Gasteiger partial charge in [-0.1, -0.05) is 12.1 Å². The lowest BCUT2D eigenvalue weighted by Crippen LogP contribution is -2.38. The van der Waals surface area contributed by atoms with Gasteiger partial charge in [-0.15, -0.1) is 0 Å². The van der Waals surface area contributed by atoms with Gasteiger partial charge in [-0.2, -0.15) is 0 Å². The number of aromatic nitrogens is 4. The third-order valence-electron chi connectivity index (χ3n) is 8.25. The molecule has 0 radical (unpaired) electrons. The molecule has 16 nitrogen and oxygen atoms in total. The molecule has 0 aliphatic carbocycles. The van der Waals surface area contributed by atoms with Crippen LogP contribution in [0.15, 0.2) is 105 Å². The number of nitrogen functional groups attached to an aromatic ring is 2. The predicted octanol–water partition coefficient (Wildman–Crippen LogP) is 4.69. The summed E-state index contributed by atoms with van der Waals surface area (Å²) in [6, 6.07) is 13.2. The van der Waals surface area contributed by atoms with E-state index in [1.165, 1.54) is 64.9 Å². The van der Waals surface area contributed by atoms with Gasteiger partial charge in [0.05, 0.1) is 44.5 Å². The third-order valence-corrected chi connectivity index (χ3v) is 11.0. The Bertz CT molecular complexity index is 2350. The molecule has 0 atom stereocenters. The van der Waals surface area contributed by atoms with Crippen LogP contribution >= 0.6 is 0 Å². The molecule has 0 aliphatic heterocycles. The minimum Gasteiger partial charge on any atom is -0.444 e. The third kappa shape index (κ3) is 10.4. The summed E-state index contributed by atoms with van der Waals surface area (Å²) in [5, 5.41) is 19.6. The Morgan fingerprint density at radius 3 is 1.57 bits per heavy atom. The molecule has 0 saturated carbocycles. The van der Waals surface area contributed by atoms with Crippen molar-refractivity contribution in [3.63, 3.8) is 0 Å². The SMILES string of the molecule is Cc1ccc(S(=O)(=O)NCC(C)(C)O)cc1-c1cnc(N)c(-c2cnco2)c1.Cc1ccc(S(=O)(=O)NCC(C)(C)O)cc1-c1cnc(N)c(-c2ncco2)c1. The van der Waals surface area contributed by atoms with Crippen LogP contribution < -0.4 is 20.9 Å². The van der Waals surface area contributed by atoms with Crippen LogP contribution in [-0.4, -0.2) is 71.3 Å². The Hall–Kier alpha value is -5.50. The van der Waals surface area contributed by atoms with E-state index in [0.29, 0.717) is 45.0 Å². The molecule has 2 aromatic carbocycles. The van der Waals surface area contributed by atoms with E-state index in [-0.39, 0.29) is 34.5 Å². The maximum absolute atomic E-state index is 12.6. The van der Waals surface area contributed by atoms with Crippen LogP contribution in [0, 0.1) is 13.8 Å². The highest BCUT2D eigenvalue weighted by atomic mass is 32.2. The molecule has 8 N–H and O–H groups in total. The molecule has 0 amide bonds. The van der Waals surface area contributed by atoms with E-state index >= 15 is 0 Å². The number of hydrogen-bond acceptors (Lipinski definition) is 14. The topological polar surface area (TPSA) is 263 Å². The highest BCUT2D eigenvalue weighted by Gasteiger charge is 2.23. The standard InChI is InChI=1S/2C19H22N4O4S/c1-12-4-5-14(28(25,26)23-10-19(2,3)24)7-15(12)13-6-16(18(20)22-8-13)17-9-21-11-27-17;1-12-4-5-14(28(25,26)23-11-19(2,3)24)9-15(12)13-8-16(17(20)22-10-13)18-21-6-7-27-18/h4-9,11,23-24H,10H2,1-3H3,(H2,20,22);4-10,23-24H,11H2,1-3H3,(H2,20,22). The summed E-state index contributed by atoms with van der Waals surface area (Å²) >= 11 is 0. The van der Waals surface area contributed by atoms with E-state index in [0.717, 1.165) is 11.1 Å². The molecular weight excluding hydrogens is 761 g/mol. The molecule has 4 heterocycles. The van der Waals surface area contributed by atoms with Gasteiger partial charge in [0, 0.05) is 36.6 Å². The number of aryl methyl sites for hydroxylation is 2. The fourth-order valence-electron chi connectivity index (χ4n) is 5.19. The molecule has 0 unspecified atom stereocenters. The van der Waals surface area contributed by atoms with Crippen molar-refractivity contribution in [2.75, 3.05) is 24.6 Å². The summed E-state index contributed by atoms with van der Waals surface area (Å²) in [5.41, 5.74) is 15.2. The van der Waals surface area contributed by atoms with Gasteiger partial charge in [-0.3, -0.25) is 0 Å². The highest BCUT2D eigenvalue weighted by Crippen LogP contribution is 2.33. The Labute approximate surface area is 325 Å². The second-order valence-corrected chi connectivity index (χ2v) is 17.8. The van der Waals surface area contributed by atoms with Crippen molar-refractivity contribution in [1.29, 1.82) is 0 Å².